The molecule has 0 saturated heterocycles. The Morgan fingerprint density at radius 2 is 1.52 bits per heavy atom. The van der Waals surface area contributed by atoms with Crippen molar-refractivity contribution in [2.75, 3.05) is 13.7 Å². The van der Waals surface area contributed by atoms with Crippen LogP contribution in [0.1, 0.15) is 43.7 Å². The summed E-state index contributed by atoms with van der Waals surface area (Å²) in [6, 6.07) is 25.1. The first kappa shape index (κ1) is 19.0. The summed E-state index contributed by atoms with van der Waals surface area (Å²) in [5.74, 6) is 2.06. The molecule has 0 aliphatic carbocycles. The molecule has 3 aromatic carbocycles. The summed E-state index contributed by atoms with van der Waals surface area (Å²) < 4.78 is 11.9. The van der Waals surface area contributed by atoms with Crippen LogP contribution in [-0.4, -0.2) is 13.7 Å². The topological polar surface area (TPSA) is 18.5 Å². The Kier molecular flexibility index (Phi) is 6.54. The number of benzene rings is 3. The predicted molar refractivity (Wildman–Crippen MR) is 113 cm³/mol. The van der Waals surface area contributed by atoms with E-state index in [1.807, 2.05) is 18.2 Å². The van der Waals surface area contributed by atoms with Crippen molar-refractivity contribution in [3.63, 3.8) is 0 Å². The number of hydrogen-bond acceptors (Lipinski definition) is 2. The largest absolute Gasteiger partial charge is 0.496 e. The Hall–Kier alpha value is -2.74. The summed E-state index contributed by atoms with van der Waals surface area (Å²) in [7, 11) is 1.73. The zero-order chi connectivity index (χ0) is 19.1. The van der Waals surface area contributed by atoms with Crippen LogP contribution >= 0.6 is 0 Å². The van der Waals surface area contributed by atoms with Gasteiger partial charge in [0.1, 0.15) is 11.5 Å². The summed E-state index contributed by atoms with van der Waals surface area (Å²) >= 11 is 0. The fraction of sp³-hybridized carbons (Fsp3) is 0.280. The van der Waals surface area contributed by atoms with Crippen LogP contribution in [0.5, 0.6) is 11.5 Å². The molecule has 0 aliphatic heterocycles. The molecule has 0 aromatic heterocycles. The quantitative estimate of drug-likeness (QED) is 0.416. The molecule has 27 heavy (non-hydrogen) atoms. The molecular formula is C25H28O2. The van der Waals surface area contributed by atoms with Gasteiger partial charge in [-0.05, 0) is 18.1 Å². The summed E-state index contributed by atoms with van der Waals surface area (Å²) in [4.78, 5) is 0. The van der Waals surface area contributed by atoms with Crippen molar-refractivity contribution in [2.24, 2.45) is 0 Å². The zero-order valence-corrected chi connectivity index (χ0v) is 16.4. The summed E-state index contributed by atoms with van der Waals surface area (Å²) in [5.41, 5.74) is 4.69. The Balaban J connectivity index is 2.08. The third-order valence-corrected chi connectivity index (χ3v) is 4.95. The highest BCUT2D eigenvalue weighted by atomic mass is 16.5. The first-order valence-corrected chi connectivity index (χ1v) is 9.70. The molecule has 3 rings (SSSR count). The van der Waals surface area contributed by atoms with Crippen LogP contribution in [0.15, 0.2) is 72.8 Å². The van der Waals surface area contributed by atoms with E-state index in [9.17, 15) is 0 Å². The normalized spacial score (nSPS) is 11.8. The van der Waals surface area contributed by atoms with Crippen molar-refractivity contribution in [1.29, 1.82) is 0 Å². The van der Waals surface area contributed by atoms with E-state index in [1.165, 1.54) is 16.7 Å². The average molecular weight is 360 g/mol. The van der Waals surface area contributed by atoms with Crippen LogP contribution in [0, 0.1) is 0 Å². The second-order valence-electron chi connectivity index (χ2n) is 6.76. The Morgan fingerprint density at radius 3 is 2.26 bits per heavy atom. The molecule has 0 spiro atoms. The first-order chi connectivity index (χ1) is 13.3. The molecule has 2 nitrogen and oxygen atoms in total. The summed E-state index contributed by atoms with van der Waals surface area (Å²) in [6.07, 6.45) is 2.16. The second kappa shape index (κ2) is 9.27. The van der Waals surface area contributed by atoms with Crippen LogP contribution in [0.4, 0.5) is 0 Å². The van der Waals surface area contributed by atoms with E-state index in [4.69, 9.17) is 9.47 Å². The lowest BCUT2D eigenvalue weighted by atomic mass is 9.89. The highest BCUT2D eigenvalue weighted by Gasteiger charge is 2.20. The van der Waals surface area contributed by atoms with Crippen LogP contribution in [0.2, 0.25) is 0 Å². The predicted octanol–water partition coefficient (Wildman–Crippen LogP) is 6.69. The molecule has 1 unspecified atom stereocenters. The minimum Gasteiger partial charge on any atom is -0.496 e. The van der Waals surface area contributed by atoms with Gasteiger partial charge in [-0.3, -0.25) is 0 Å². The summed E-state index contributed by atoms with van der Waals surface area (Å²) in [6.45, 7) is 5.13. The van der Waals surface area contributed by atoms with Gasteiger partial charge in [0.15, 0.2) is 0 Å². The molecule has 0 amide bonds. The van der Waals surface area contributed by atoms with E-state index in [2.05, 4.69) is 68.4 Å². The minimum atomic E-state index is 0.168. The van der Waals surface area contributed by atoms with Gasteiger partial charge in [-0.1, -0.05) is 87.0 Å². The number of hydrogen-bond donors (Lipinski definition) is 0. The number of ether oxygens (including phenoxy) is 2. The fourth-order valence-corrected chi connectivity index (χ4v) is 3.41. The molecule has 0 heterocycles. The SMILES string of the molecule is CCCCOc1c(-c2ccccc2)cccc1C(C)c1ccccc1OC. The first-order valence-electron chi connectivity index (χ1n) is 9.70. The van der Waals surface area contributed by atoms with Gasteiger partial charge in [-0.15, -0.1) is 0 Å². The maximum atomic E-state index is 6.34. The van der Waals surface area contributed by atoms with Crippen molar-refractivity contribution in [2.45, 2.75) is 32.6 Å². The number of methoxy groups -OCH3 is 1. The van der Waals surface area contributed by atoms with E-state index in [0.717, 1.165) is 36.5 Å². The third kappa shape index (κ3) is 4.33. The molecule has 1 atom stereocenters. The van der Waals surface area contributed by atoms with Crippen LogP contribution < -0.4 is 9.47 Å². The second-order valence-corrected chi connectivity index (χ2v) is 6.76. The smallest absolute Gasteiger partial charge is 0.130 e. The highest BCUT2D eigenvalue weighted by molar-refractivity contribution is 5.73. The van der Waals surface area contributed by atoms with E-state index < -0.39 is 0 Å². The van der Waals surface area contributed by atoms with Crippen LogP contribution in [0.3, 0.4) is 0 Å². The monoisotopic (exact) mass is 360 g/mol. The number of para-hydroxylation sites is 2. The van der Waals surface area contributed by atoms with Crippen molar-refractivity contribution in [3.05, 3.63) is 83.9 Å². The van der Waals surface area contributed by atoms with E-state index in [-0.39, 0.29) is 5.92 Å². The highest BCUT2D eigenvalue weighted by Crippen LogP contribution is 2.41. The van der Waals surface area contributed by atoms with Gasteiger partial charge in [-0.25, -0.2) is 0 Å². The van der Waals surface area contributed by atoms with E-state index in [0.29, 0.717) is 0 Å². The van der Waals surface area contributed by atoms with Gasteiger partial charge < -0.3 is 9.47 Å². The lowest BCUT2D eigenvalue weighted by Crippen LogP contribution is -2.06. The van der Waals surface area contributed by atoms with Crippen molar-refractivity contribution < 1.29 is 9.47 Å². The van der Waals surface area contributed by atoms with E-state index in [1.54, 1.807) is 7.11 Å². The Morgan fingerprint density at radius 1 is 0.815 bits per heavy atom. The zero-order valence-electron chi connectivity index (χ0n) is 16.4. The summed E-state index contributed by atoms with van der Waals surface area (Å²) in [5, 5.41) is 0. The van der Waals surface area contributed by atoms with E-state index >= 15 is 0 Å². The minimum absolute atomic E-state index is 0.168. The van der Waals surface area contributed by atoms with Crippen LogP contribution in [0.25, 0.3) is 11.1 Å². The maximum Gasteiger partial charge on any atom is 0.130 e. The molecular weight excluding hydrogens is 332 g/mol. The van der Waals surface area contributed by atoms with Gasteiger partial charge in [0, 0.05) is 22.6 Å². The van der Waals surface area contributed by atoms with Gasteiger partial charge in [-0.2, -0.15) is 0 Å². The van der Waals surface area contributed by atoms with Gasteiger partial charge in [0.05, 0.1) is 13.7 Å². The molecule has 0 saturated carbocycles. The molecule has 3 aromatic rings. The lowest BCUT2D eigenvalue weighted by molar-refractivity contribution is 0.306. The lowest BCUT2D eigenvalue weighted by Gasteiger charge is -2.22. The molecule has 140 valence electrons. The van der Waals surface area contributed by atoms with Gasteiger partial charge in [0.2, 0.25) is 0 Å². The average Bonchev–Trinajstić information content (AvgIpc) is 2.74. The number of unbranched alkanes of at least 4 members (excludes halogenated alkanes) is 1. The Bertz CT molecular complexity index is 855. The molecule has 2 heteroatoms. The molecule has 0 N–H and O–H groups in total. The molecule has 0 aliphatic rings. The van der Waals surface area contributed by atoms with Crippen molar-refractivity contribution in [1.82, 2.24) is 0 Å². The Labute approximate surface area is 162 Å². The standard InChI is InChI=1S/C25H28O2/c1-4-5-18-27-25-22(19(2)21-14-9-10-17-24(21)26-3)15-11-16-23(25)20-12-7-6-8-13-20/h6-17,19H,4-5,18H2,1-3H3. The molecule has 0 fully saturated rings. The third-order valence-electron chi connectivity index (χ3n) is 4.95. The molecule has 0 radical (unpaired) electrons. The van der Waals surface area contributed by atoms with Gasteiger partial charge in [0.25, 0.3) is 0 Å². The maximum absolute atomic E-state index is 6.34. The van der Waals surface area contributed by atoms with Gasteiger partial charge >= 0.3 is 0 Å². The van der Waals surface area contributed by atoms with Crippen molar-refractivity contribution in [3.8, 4) is 22.6 Å². The number of rotatable bonds is 8. The van der Waals surface area contributed by atoms with Crippen LogP contribution in [-0.2, 0) is 0 Å². The fourth-order valence-electron chi connectivity index (χ4n) is 3.41. The van der Waals surface area contributed by atoms with Crippen molar-refractivity contribution >= 4 is 0 Å². The molecule has 0 bridgehead atoms.